The Balaban J connectivity index is 1.70. The zero-order valence-electron chi connectivity index (χ0n) is 17.9. The van der Waals surface area contributed by atoms with Crippen LogP contribution in [0.15, 0.2) is 47.0 Å². The average Bonchev–Trinajstić information content (AvgIpc) is 2.79. The van der Waals surface area contributed by atoms with E-state index in [1.807, 2.05) is 6.92 Å². The lowest BCUT2D eigenvalue weighted by molar-refractivity contribution is -0.145. The van der Waals surface area contributed by atoms with Gasteiger partial charge in [-0.2, -0.15) is 0 Å². The number of primary amides is 1. The van der Waals surface area contributed by atoms with E-state index in [1.54, 1.807) is 6.21 Å². The summed E-state index contributed by atoms with van der Waals surface area (Å²) in [5.74, 6) is -1.84. The van der Waals surface area contributed by atoms with Crippen molar-refractivity contribution in [2.24, 2.45) is 10.7 Å². The molecule has 0 bridgehead atoms. The lowest BCUT2D eigenvalue weighted by Gasteiger charge is -2.35. The molecule has 0 unspecified atom stereocenters. The summed E-state index contributed by atoms with van der Waals surface area (Å²) in [6.45, 7) is 6.35. The van der Waals surface area contributed by atoms with Gasteiger partial charge in [0.2, 0.25) is 11.8 Å². The molecule has 1 atom stereocenters. The maximum absolute atomic E-state index is 12.9. The molecule has 0 spiro atoms. The fourth-order valence-corrected chi connectivity index (χ4v) is 3.61. The van der Waals surface area contributed by atoms with Crippen LogP contribution in [0.4, 0.5) is 5.69 Å². The number of allylic oxidation sites excluding steroid dienone is 1. The number of aliphatic imine (C=N–C) groups is 1. The monoisotopic (exact) mass is 438 g/mol. The zero-order valence-corrected chi connectivity index (χ0v) is 17.9. The molecule has 4 N–H and O–H groups in total. The molecule has 3 heterocycles. The number of carbonyl (C=O) groups is 4. The highest BCUT2D eigenvalue weighted by Gasteiger charge is 2.32. The molecule has 0 saturated carbocycles. The summed E-state index contributed by atoms with van der Waals surface area (Å²) >= 11 is 0. The molecule has 0 aromatic carbocycles. The lowest BCUT2D eigenvalue weighted by Crippen LogP contribution is -2.49. The van der Waals surface area contributed by atoms with Crippen LogP contribution < -0.4 is 16.4 Å². The predicted molar refractivity (Wildman–Crippen MR) is 118 cm³/mol. The summed E-state index contributed by atoms with van der Waals surface area (Å²) in [5, 5.41) is 5.20. The van der Waals surface area contributed by atoms with Crippen LogP contribution in [0.5, 0.6) is 0 Å². The number of likely N-dealkylation sites (tertiary alicyclic amines) is 1. The number of aromatic nitrogens is 1. The van der Waals surface area contributed by atoms with E-state index in [0.29, 0.717) is 37.2 Å². The number of pyridine rings is 1. The number of hydrogen-bond donors (Lipinski definition) is 3. The quantitative estimate of drug-likeness (QED) is 0.468. The van der Waals surface area contributed by atoms with Crippen molar-refractivity contribution in [1.29, 1.82) is 0 Å². The van der Waals surface area contributed by atoms with Crippen molar-refractivity contribution in [2.75, 3.05) is 11.9 Å². The van der Waals surface area contributed by atoms with Crippen molar-refractivity contribution in [1.82, 2.24) is 15.2 Å². The van der Waals surface area contributed by atoms with Crippen LogP contribution in [0.1, 0.15) is 49.4 Å². The molecule has 1 saturated heterocycles. The third-order valence-corrected chi connectivity index (χ3v) is 5.42. The van der Waals surface area contributed by atoms with Crippen LogP contribution in [0.25, 0.3) is 0 Å². The summed E-state index contributed by atoms with van der Waals surface area (Å²) in [5.41, 5.74) is 7.09. The van der Waals surface area contributed by atoms with Gasteiger partial charge >= 0.3 is 11.8 Å². The van der Waals surface area contributed by atoms with E-state index in [4.69, 9.17) is 5.73 Å². The van der Waals surface area contributed by atoms with Crippen molar-refractivity contribution in [3.05, 3.63) is 47.6 Å². The summed E-state index contributed by atoms with van der Waals surface area (Å²) < 4.78 is 0. The predicted octanol–water partition coefficient (Wildman–Crippen LogP) is 1.27. The summed E-state index contributed by atoms with van der Waals surface area (Å²) in [4.78, 5) is 58.1. The van der Waals surface area contributed by atoms with Crippen molar-refractivity contribution in [3.8, 4) is 0 Å². The van der Waals surface area contributed by atoms with Gasteiger partial charge < -0.3 is 21.3 Å². The maximum atomic E-state index is 12.9. The first-order chi connectivity index (χ1) is 15.3. The minimum absolute atomic E-state index is 0.0885. The van der Waals surface area contributed by atoms with Gasteiger partial charge in [-0.15, -0.1) is 0 Å². The molecule has 0 radical (unpaired) electrons. The van der Waals surface area contributed by atoms with Gasteiger partial charge in [0.15, 0.2) is 0 Å². The Hall–Kier alpha value is -3.82. The second kappa shape index (κ2) is 9.99. The highest BCUT2D eigenvalue weighted by atomic mass is 16.2. The molecule has 2 aliphatic heterocycles. The molecule has 168 valence electrons. The van der Waals surface area contributed by atoms with Crippen LogP contribution in [0, 0.1) is 0 Å². The van der Waals surface area contributed by atoms with E-state index in [-0.39, 0.29) is 23.2 Å². The standard InChI is InChI=1S/C22H26N6O4/c1-13-6-7-18(29)27-20(13)25-10-14(2)17-5-3-4-8-28(17)22(32)21(31)26-16-9-15(19(23)30)11-24-12-16/h9-12,17H,2-8H2,1H3,(H2,23,30)(H,26,31)(H,27,29)/t17-/m0/s1. The number of hydrogen-bond acceptors (Lipinski definition) is 6. The van der Waals surface area contributed by atoms with Gasteiger partial charge in [-0.25, -0.2) is 4.99 Å². The fourth-order valence-electron chi connectivity index (χ4n) is 3.61. The van der Waals surface area contributed by atoms with Crippen LogP contribution in [-0.2, 0) is 14.4 Å². The Bertz CT molecular complexity index is 1030. The number of rotatable bonds is 5. The van der Waals surface area contributed by atoms with Crippen LogP contribution in [0.2, 0.25) is 0 Å². The second-order valence-corrected chi connectivity index (χ2v) is 7.80. The third-order valence-electron chi connectivity index (χ3n) is 5.42. The van der Waals surface area contributed by atoms with Crippen molar-refractivity contribution < 1.29 is 19.2 Å². The Kier molecular flexibility index (Phi) is 7.14. The van der Waals surface area contributed by atoms with E-state index >= 15 is 0 Å². The van der Waals surface area contributed by atoms with Gasteiger partial charge in [0, 0.05) is 25.4 Å². The van der Waals surface area contributed by atoms with E-state index in [0.717, 1.165) is 18.4 Å². The molecule has 10 nitrogen and oxygen atoms in total. The summed E-state index contributed by atoms with van der Waals surface area (Å²) in [6, 6.07) is 0.968. The molecule has 2 aliphatic rings. The number of piperidine rings is 1. The average molecular weight is 438 g/mol. The van der Waals surface area contributed by atoms with Crippen molar-refractivity contribution in [2.45, 2.75) is 45.1 Å². The fraction of sp³-hybridized carbons (Fsp3) is 0.364. The molecule has 0 aliphatic carbocycles. The lowest BCUT2D eigenvalue weighted by atomic mass is 9.96. The molecule has 4 amide bonds. The van der Waals surface area contributed by atoms with Crippen LogP contribution in [0.3, 0.4) is 0 Å². The number of amides is 4. The molecule has 1 fully saturated rings. The van der Waals surface area contributed by atoms with E-state index in [9.17, 15) is 19.2 Å². The number of nitrogens with zero attached hydrogens (tertiary/aromatic N) is 3. The normalized spacial score (nSPS) is 19.0. The SMILES string of the molecule is C=C(C=NC1=C(C)CCC(=O)N1)[C@@H]1CCCCN1C(=O)C(=O)Nc1cncc(C(N)=O)c1. The first-order valence-electron chi connectivity index (χ1n) is 10.4. The van der Waals surface area contributed by atoms with Gasteiger partial charge in [0.1, 0.15) is 5.82 Å². The highest BCUT2D eigenvalue weighted by Crippen LogP contribution is 2.23. The van der Waals surface area contributed by atoms with Gasteiger partial charge in [-0.1, -0.05) is 6.58 Å². The molecule has 10 heteroatoms. The van der Waals surface area contributed by atoms with Crippen molar-refractivity contribution in [3.63, 3.8) is 0 Å². The Morgan fingerprint density at radius 1 is 1.31 bits per heavy atom. The largest absolute Gasteiger partial charge is 0.366 e. The van der Waals surface area contributed by atoms with E-state index < -0.39 is 17.7 Å². The van der Waals surface area contributed by atoms with Crippen LogP contribution >= 0.6 is 0 Å². The van der Waals surface area contributed by atoms with Crippen molar-refractivity contribution >= 4 is 35.5 Å². The minimum atomic E-state index is -0.844. The zero-order chi connectivity index (χ0) is 23.3. The highest BCUT2D eigenvalue weighted by molar-refractivity contribution is 6.39. The Labute approximate surface area is 185 Å². The van der Waals surface area contributed by atoms with Gasteiger partial charge in [-0.05, 0) is 49.8 Å². The summed E-state index contributed by atoms with van der Waals surface area (Å²) in [7, 11) is 0. The smallest absolute Gasteiger partial charge is 0.313 e. The van der Waals surface area contributed by atoms with Crippen LogP contribution in [-0.4, -0.2) is 52.3 Å². The van der Waals surface area contributed by atoms with E-state index in [2.05, 4.69) is 27.2 Å². The maximum Gasteiger partial charge on any atom is 0.313 e. The molecule has 32 heavy (non-hydrogen) atoms. The second-order valence-electron chi connectivity index (χ2n) is 7.80. The van der Waals surface area contributed by atoms with Gasteiger partial charge in [-0.3, -0.25) is 24.2 Å². The minimum Gasteiger partial charge on any atom is -0.366 e. The van der Waals surface area contributed by atoms with E-state index in [1.165, 1.54) is 23.4 Å². The molecular formula is C22H26N6O4. The van der Waals surface area contributed by atoms with Gasteiger partial charge in [0.05, 0.1) is 23.5 Å². The number of nitrogens with one attached hydrogen (secondary N) is 2. The third kappa shape index (κ3) is 5.45. The first kappa shape index (κ1) is 22.9. The number of carbonyl (C=O) groups excluding carboxylic acids is 4. The molecular weight excluding hydrogens is 412 g/mol. The number of anilines is 1. The molecule has 3 rings (SSSR count). The molecule has 1 aromatic rings. The molecule has 1 aromatic heterocycles. The Morgan fingerprint density at radius 2 is 2.09 bits per heavy atom. The summed E-state index contributed by atoms with van der Waals surface area (Å²) in [6.07, 6.45) is 7.51. The number of nitrogens with two attached hydrogens (primary N) is 1. The first-order valence-corrected chi connectivity index (χ1v) is 10.4. The van der Waals surface area contributed by atoms with Gasteiger partial charge in [0.25, 0.3) is 0 Å². The topological polar surface area (TPSA) is 147 Å². The Morgan fingerprint density at radius 3 is 2.84 bits per heavy atom.